The molecule has 0 unspecified atom stereocenters. The summed E-state index contributed by atoms with van der Waals surface area (Å²) in [6.45, 7) is 7.62. The highest BCUT2D eigenvalue weighted by Gasteiger charge is 2.30. The average molecular weight is 423 g/mol. The number of nitrogens with one attached hydrogen (secondary N) is 1. The molecule has 0 bridgehead atoms. The average Bonchev–Trinajstić information content (AvgIpc) is 2.60. The molecule has 0 saturated heterocycles. The van der Waals surface area contributed by atoms with Gasteiger partial charge in [0.1, 0.15) is 6.04 Å². The highest BCUT2D eigenvalue weighted by Crippen LogP contribution is 2.25. The Morgan fingerprint density at radius 3 is 2.36 bits per heavy atom. The van der Waals surface area contributed by atoms with Crippen LogP contribution in [0.5, 0.6) is 0 Å². The highest BCUT2D eigenvalue weighted by molar-refractivity contribution is 7.92. The SMILES string of the molecule is CC[C@@H](NC(=O)[C@H](C)N(c1cccc(Cl)c1)S(C)(=O)=O)c1ccc(C)c(C)c1. The van der Waals surface area contributed by atoms with Gasteiger partial charge in [-0.1, -0.05) is 42.8 Å². The fraction of sp³-hybridized carbons (Fsp3) is 0.381. The van der Waals surface area contributed by atoms with Crippen molar-refractivity contribution in [2.75, 3.05) is 10.6 Å². The minimum Gasteiger partial charge on any atom is -0.347 e. The molecule has 0 heterocycles. The molecule has 0 radical (unpaired) electrons. The number of nitrogens with zero attached hydrogens (tertiary/aromatic N) is 1. The maximum atomic E-state index is 12.9. The van der Waals surface area contributed by atoms with Gasteiger partial charge in [-0.25, -0.2) is 8.42 Å². The van der Waals surface area contributed by atoms with Gasteiger partial charge in [0.2, 0.25) is 15.9 Å². The second-order valence-electron chi connectivity index (χ2n) is 7.03. The zero-order chi connectivity index (χ0) is 21.1. The van der Waals surface area contributed by atoms with Crippen LogP contribution < -0.4 is 9.62 Å². The standard InChI is InChI=1S/C21H27ClN2O3S/c1-6-20(17-11-10-14(2)15(3)12-17)23-21(25)16(4)24(28(5,26)27)19-9-7-8-18(22)13-19/h7-13,16,20H,6H2,1-5H3,(H,23,25)/t16-,20+/m0/s1. The third kappa shape index (κ3) is 5.26. The van der Waals surface area contributed by atoms with Crippen molar-refractivity contribution in [2.24, 2.45) is 0 Å². The van der Waals surface area contributed by atoms with E-state index in [1.54, 1.807) is 25.1 Å². The lowest BCUT2D eigenvalue weighted by Gasteiger charge is -2.30. The summed E-state index contributed by atoms with van der Waals surface area (Å²) in [6, 6.07) is 11.4. The molecular weight excluding hydrogens is 396 g/mol. The second-order valence-corrected chi connectivity index (χ2v) is 9.32. The monoisotopic (exact) mass is 422 g/mol. The molecule has 2 rings (SSSR count). The van der Waals surface area contributed by atoms with E-state index in [-0.39, 0.29) is 11.9 Å². The number of aryl methyl sites for hydroxylation is 2. The molecule has 0 fully saturated rings. The smallest absolute Gasteiger partial charge is 0.244 e. The minimum absolute atomic E-state index is 0.199. The fourth-order valence-corrected chi connectivity index (χ4v) is 4.47. The quantitative estimate of drug-likeness (QED) is 0.720. The van der Waals surface area contributed by atoms with E-state index < -0.39 is 16.1 Å². The Balaban J connectivity index is 2.30. The summed E-state index contributed by atoms with van der Waals surface area (Å²) in [7, 11) is -3.68. The summed E-state index contributed by atoms with van der Waals surface area (Å²) in [5.41, 5.74) is 3.69. The van der Waals surface area contributed by atoms with Gasteiger partial charge in [0.05, 0.1) is 18.0 Å². The third-order valence-electron chi connectivity index (χ3n) is 4.81. The molecule has 0 saturated carbocycles. The van der Waals surface area contributed by atoms with E-state index in [9.17, 15) is 13.2 Å². The Morgan fingerprint density at radius 2 is 1.82 bits per heavy atom. The molecule has 0 aliphatic carbocycles. The van der Waals surface area contributed by atoms with E-state index in [4.69, 9.17) is 11.6 Å². The van der Waals surface area contributed by atoms with E-state index in [1.165, 1.54) is 11.6 Å². The zero-order valence-electron chi connectivity index (χ0n) is 16.9. The first-order valence-electron chi connectivity index (χ1n) is 9.17. The minimum atomic E-state index is -3.68. The van der Waals surface area contributed by atoms with Crippen LogP contribution in [0.15, 0.2) is 42.5 Å². The molecule has 0 aromatic heterocycles. The first-order chi connectivity index (χ1) is 13.0. The first kappa shape index (κ1) is 22.2. The number of carbonyl (C=O) groups excluding carboxylic acids is 1. The molecule has 7 heteroatoms. The maximum absolute atomic E-state index is 12.9. The molecule has 1 amide bonds. The van der Waals surface area contributed by atoms with Crippen LogP contribution in [-0.4, -0.2) is 26.6 Å². The van der Waals surface area contributed by atoms with Gasteiger partial charge < -0.3 is 5.32 Å². The van der Waals surface area contributed by atoms with Crippen LogP contribution in [0.4, 0.5) is 5.69 Å². The number of amides is 1. The molecule has 0 spiro atoms. The van der Waals surface area contributed by atoms with Crippen molar-refractivity contribution in [3.05, 3.63) is 64.2 Å². The van der Waals surface area contributed by atoms with Gasteiger partial charge in [0.15, 0.2) is 0 Å². The van der Waals surface area contributed by atoms with Crippen molar-refractivity contribution in [1.29, 1.82) is 0 Å². The highest BCUT2D eigenvalue weighted by atomic mass is 35.5. The van der Waals surface area contributed by atoms with Crippen LogP contribution in [0, 0.1) is 13.8 Å². The van der Waals surface area contributed by atoms with Gasteiger partial charge in [0, 0.05) is 5.02 Å². The molecule has 1 N–H and O–H groups in total. The molecule has 2 atom stereocenters. The van der Waals surface area contributed by atoms with Crippen LogP contribution in [0.2, 0.25) is 5.02 Å². The van der Waals surface area contributed by atoms with E-state index >= 15 is 0 Å². The molecule has 0 aliphatic heterocycles. The first-order valence-corrected chi connectivity index (χ1v) is 11.4. The third-order valence-corrected chi connectivity index (χ3v) is 6.29. The van der Waals surface area contributed by atoms with Crippen molar-refractivity contribution in [2.45, 2.75) is 46.2 Å². The van der Waals surface area contributed by atoms with Gasteiger partial charge in [-0.3, -0.25) is 9.10 Å². The van der Waals surface area contributed by atoms with Crippen LogP contribution >= 0.6 is 11.6 Å². The molecule has 5 nitrogen and oxygen atoms in total. The van der Waals surface area contributed by atoms with Crippen LogP contribution in [-0.2, 0) is 14.8 Å². The largest absolute Gasteiger partial charge is 0.347 e. The maximum Gasteiger partial charge on any atom is 0.244 e. The number of rotatable bonds is 7. The summed E-state index contributed by atoms with van der Waals surface area (Å²) in [6.07, 6.45) is 1.77. The zero-order valence-corrected chi connectivity index (χ0v) is 18.4. The summed E-state index contributed by atoms with van der Waals surface area (Å²) < 4.78 is 25.9. The Hall–Kier alpha value is -2.05. The summed E-state index contributed by atoms with van der Waals surface area (Å²) >= 11 is 6.02. The van der Waals surface area contributed by atoms with E-state index in [1.807, 2.05) is 32.9 Å². The van der Waals surface area contributed by atoms with Crippen molar-refractivity contribution >= 4 is 33.2 Å². The van der Waals surface area contributed by atoms with Crippen molar-refractivity contribution in [3.8, 4) is 0 Å². The number of hydrogen-bond acceptors (Lipinski definition) is 3. The lowest BCUT2D eigenvalue weighted by molar-refractivity contribution is -0.122. The normalized spacial score (nSPS) is 13.6. The van der Waals surface area contributed by atoms with Crippen molar-refractivity contribution in [3.63, 3.8) is 0 Å². The topological polar surface area (TPSA) is 66.5 Å². The Labute approximate surface area is 172 Å². The molecule has 2 aromatic rings. The van der Waals surface area contributed by atoms with E-state index in [2.05, 4.69) is 11.4 Å². The molecule has 2 aromatic carbocycles. The van der Waals surface area contributed by atoms with Crippen LogP contribution in [0.3, 0.4) is 0 Å². The van der Waals surface area contributed by atoms with Crippen molar-refractivity contribution < 1.29 is 13.2 Å². The summed E-state index contributed by atoms with van der Waals surface area (Å²) in [5, 5.41) is 3.39. The van der Waals surface area contributed by atoms with Gasteiger partial charge in [-0.2, -0.15) is 0 Å². The Morgan fingerprint density at radius 1 is 1.14 bits per heavy atom. The number of anilines is 1. The van der Waals surface area contributed by atoms with Gasteiger partial charge in [0.25, 0.3) is 0 Å². The van der Waals surface area contributed by atoms with Gasteiger partial charge in [-0.05, 0) is 62.1 Å². The molecular formula is C21H27ClN2O3S. The predicted molar refractivity (Wildman–Crippen MR) is 115 cm³/mol. The molecule has 0 aliphatic rings. The molecule has 28 heavy (non-hydrogen) atoms. The fourth-order valence-electron chi connectivity index (χ4n) is 3.12. The van der Waals surface area contributed by atoms with Gasteiger partial charge in [-0.15, -0.1) is 0 Å². The lowest BCUT2D eigenvalue weighted by Crippen LogP contribution is -2.48. The summed E-state index contributed by atoms with van der Waals surface area (Å²) in [4.78, 5) is 12.9. The Bertz CT molecular complexity index is 960. The number of halogens is 1. The van der Waals surface area contributed by atoms with Crippen molar-refractivity contribution in [1.82, 2.24) is 5.32 Å². The number of hydrogen-bond donors (Lipinski definition) is 1. The van der Waals surface area contributed by atoms with E-state index in [0.29, 0.717) is 17.1 Å². The number of sulfonamides is 1. The predicted octanol–water partition coefficient (Wildman–Crippen LogP) is 4.38. The van der Waals surface area contributed by atoms with Crippen LogP contribution in [0.25, 0.3) is 0 Å². The summed E-state index contributed by atoms with van der Waals surface area (Å²) in [5.74, 6) is -0.365. The number of benzene rings is 2. The van der Waals surface area contributed by atoms with Gasteiger partial charge >= 0.3 is 0 Å². The number of carbonyl (C=O) groups is 1. The lowest BCUT2D eigenvalue weighted by atomic mass is 9.99. The second kappa shape index (κ2) is 8.97. The Kier molecular flexibility index (Phi) is 7.12. The van der Waals surface area contributed by atoms with Crippen LogP contribution in [0.1, 0.15) is 43.0 Å². The van der Waals surface area contributed by atoms with E-state index in [0.717, 1.165) is 21.7 Å². The molecule has 152 valence electrons.